The smallest absolute Gasteiger partial charge is 0.234 e. The van der Waals surface area contributed by atoms with Crippen molar-refractivity contribution < 1.29 is 12.8 Å². The maximum Gasteiger partial charge on any atom is 0.305 e. The number of hydrogen-bond acceptors (Lipinski definition) is 4. The van der Waals surface area contributed by atoms with Crippen LogP contribution in [0, 0.1) is 6.08 Å². The van der Waals surface area contributed by atoms with E-state index in [1.54, 1.807) is 5.10 Å². The second kappa shape index (κ2) is 2.01. The minimum atomic E-state index is -3.48. The first-order valence-electron chi connectivity index (χ1n) is 2.28. The van der Waals surface area contributed by atoms with Gasteiger partial charge in [0.15, 0.2) is 0 Å². The number of aromatic nitrogens is 3. The number of halogens is 1. The molecular weight excluding hydrogens is 161 g/mol. The lowest BCUT2D eigenvalue weighted by atomic mass is 11.2. The summed E-state index contributed by atoms with van der Waals surface area (Å²) in [4.78, 5) is 2.96. The summed E-state index contributed by atoms with van der Waals surface area (Å²) < 4.78 is 33.0. The van der Waals surface area contributed by atoms with Crippen molar-refractivity contribution >= 4 is 9.84 Å². The van der Waals surface area contributed by atoms with E-state index in [-0.39, 0.29) is 0 Å². The van der Waals surface area contributed by atoms with Crippen molar-refractivity contribution in [1.82, 2.24) is 15.2 Å². The van der Waals surface area contributed by atoms with Crippen LogP contribution >= 0.6 is 0 Å². The predicted octanol–water partition coefficient (Wildman–Crippen LogP) is -0.653. The van der Waals surface area contributed by atoms with Gasteiger partial charge < -0.3 is 0 Å². The van der Waals surface area contributed by atoms with Crippen LogP contribution in [0.3, 0.4) is 0 Å². The zero-order valence-corrected chi connectivity index (χ0v) is 5.81. The average molecular weight is 165 g/mol. The van der Waals surface area contributed by atoms with E-state index >= 15 is 0 Å². The number of aromatic amines is 1. The molecule has 1 rings (SSSR count). The van der Waals surface area contributed by atoms with E-state index < -0.39 is 21.1 Å². The van der Waals surface area contributed by atoms with Crippen LogP contribution < -0.4 is 0 Å². The molecule has 10 heavy (non-hydrogen) atoms. The van der Waals surface area contributed by atoms with Crippen LogP contribution in [0.15, 0.2) is 5.16 Å². The van der Waals surface area contributed by atoms with E-state index in [0.29, 0.717) is 0 Å². The van der Waals surface area contributed by atoms with E-state index in [2.05, 4.69) is 10.1 Å². The van der Waals surface area contributed by atoms with Gasteiger partial charge in [0, 0.05) is 6.26 Å². The highest BCUT2D eigenvalue weighted by Gasteiger charge is 2.12. The van der Waals surface area contributed by atoms with Gasteiger partial charge in [-0.25, -0.2) is 13.5 Å². The molecule has 0 aromatic carbocycles. The lowest BCUT2D eigenvalue weighted by Gasteiger charge is -1.82. The lowest BCUT2D eigenvalue weighted by Crippen LogP contribution is -1.99. The van der Waals surface area contributed by atoms with Crippen molar-refractivity contribution in [1.29, 1.82) is 0 Å². The summed E-state index contributed by atoms with van der Waals surface area (Å²) in [6.45, 7) is 0. The number of sulfone groups is 1. The van der Waals surface area contributed by atoms with E-state index in [0.717, 1.165) is 6.26 Å². The van der Waals surface area contributed by atoms with Gasteiger partial charge in [-0.3, -0.25) is 0 Å². The third-order valence-corrected chi connectivity index (χ3v) is 1.62. The van der Waals surface area contributed by atoms with Gasteiger partial charge in [0.05, 0.1) is 0 Å². The highest BCUT2D eigenvalue weighted by atomic mass is 32.2. The molecule has 0 bridgehead atoms. The Morgan fingerprint density at radius 3 is 2.40 bits per heavy atom. The fourth-order valence-electron chi connectivity index (χ4n) is 0.394. The number of H-pyrrole nitrogens is 1. The normalized spacial score (nSPS) is 11.8. The predicted molar refractivity (Wildman–Crippen MR) is 29.5 cm³/mol. The molecule has 0 aliphatic heterocycles. The number of hydrogen-bond donors (Lipinski definition) is 1. The van der Waals surface area contributed by atoms with Crippen molar-refractivity contribution in [3.63, 3.8) is 0 Å². The Morgan fingerprint density at radius 2 is 2.20 bits per heavy atom. The largest absolute Gasteiger partial charge is 0.305 e. The van der Waals surface area contributed by atoms with Crippen molar-refractivity contribution in [3.05, 3.63) is 6.08 Å². The maximum atomic E-state index is 12.0. The second-order valence-electron chi connectivity index (χ2n) is 1.68. The Hall–Kier alpha value is -0.980. The van der Waals surface area contributed by atoms with Crippen LogP contribution in [-0.2, 0) is 9.84 Å². The Kier molecular flexibility index (Phi) is 1.43. The lowest BCUT2D eigenvalue weighted by molar-refractivity contribution is 0.540. The van der Waals surface area contributed by atoms with Gasteiger partial charge in [-0.05, 0) is 0 Å². The van der Waals surface area contributed by atoms with Crippen LogP contribution in [0.2, 0.25) is 0 Å². The molecule has 1 N–H and O–H groups in total. The third kappa shape index (κ3) is 1.29. The molecule has 0 aliphatic rings. The minimum Gasteiger partial charge on any atom is -0.234 e. The van der Waals surface area contributed by atoms with Gasteiger partial charge in [-0.1, -0.05) is 0 Å². The molecule has 56 valence electrons. The Labute approximate surface area is 56.2 Å². The van der Waals surface area contributed by atoms with Crippen LogP contribution in [0.5, 0.6) is 0 Å². The molecule has 0 atom stereocenters. The molecule has 0 amide bonds. The van der Waals surface area contributed by atoms with Crippen LogP contribution in [0.4, 0.5) is 4.39 Å². The first kappa shape index (κ1) is 7.13. The SMILES string of the molecule is CS(=O)(=O)c1n[nH]c(F)n1. The first-order valence-corrected chi connectivity index (χ1v) is 4.17. The summed E-state index contributed by atoms with van der Waals surface area (Å²) >= 11 is 0. The standard InChI is InChI=1S/C3H4FN3O2S/c1-10(8,9)3-5-2(4)6-7-3/h1H3,(H,5,6,7). The summed E-state index contributed by atoms with van der Waals surface area (Å²) in [5, 5.41) is 4.33. The van der Waals surface area contributed by atoms with Gasteiger partial charge in [-0.2, -0.15) is 9.37 Å². The van der Waals surface area contributed by atoms with Crippen molar-refractivity contribution in [2.75, 3.05) is 6.26 Å². The maximum absolute atomic E-state index is 12.0. The Bertz CT molecular complexity index is 329. The molecule has 1 aromatic rings. The fourth-order valence-corrected chi connectivity index (χ4v) is 0.851. The van der Waals surface area contributed by atoms with Crippen molar-refractivity contribution in [3.8, 4) is 0 Å². The number of nitrogens with zero attached hydrogens (tertiary/aromatic N) is 2. The molecule has 0 saturated heterocycles. The first-order chi connectivity index (χ1) is 4.50. The molecule has 1 heterocycles. The zero-order valence-electron chi connectivity index (χ0n) is 5.00. The van der Waals surface area contributed by atoms with Gasteiger partial charge in [0.1, 0.15) is 0 Å². The van der Waals surface area contributed by atoms with Gasteiger partial charge in [-0.15, -0.1) is 5.10 Å². The van der Waals surface area contributed by atoms with E-state index in [9.17, 15) is 12.8 Å². The van der Waals surface area contributed by atoms with Gasteiger partial charge in [0.2, 0.25) is 9.84 Å². The Balaban J connectivity index is 3.21. The number of rotatable bonds is 1. The monoisotopic (exact) mass is 165 g/mol. The highest BCUT2D eigenvalue weighted by molar-refractivity contribution is 7.90. The summed E-state index contributed by atoms with van der Waals surface area (Å²) in [5.41, 5.74) is 0. The molecule has 7 heteroatoms. The summed E-state index contributed by atoms with van der Waals surface area (Å²) in [5.74, 6) is 0. The van der Waals surface area contributed by atoms with Gasteiger partial charge in [0.25, 0.3) is 5.16 Å². The topological polar surface area (TPSA) is 75.7 Å². The molecule has 0 radical (unpaired) electrons. The van der Waals surface area contributed by atoms with E-state index in [1.807, 2.05) is 0 Å². The molecule has 0 unspecified atom stereocenters. The summed E-state index contributed by atoms with van der Waals surface area (Å²) in [6, 6.07) is 0. The van der Waals surface area contributed by atoms with Gasteiger partial charge >= 0.3 is 6.08 Å². The fraction of sp³-hybridized carbons (Fsp3) is 0.333. The third-order valence-electron chi connectivity index (χ3n) is 0.769. The molecule has 0 aliphatic carbocycles. The van der Waals surface area contributed by atoms with E-state index in [4.69, 9.17) is 0 Å². The quantitative estimate of drug-likeness (QED) is 0.599. The molecule has 1 aromatic heterocycles. The number of nitrogens with one attached hydrogen (secondary N) is 1. The van der Waals surface area contributed by atoms with Crippen LogP contribution in [0.1, 0.15) is 0 Å². The molecular formula is C3H4FN3O2S. The highest BCUT2D eigenvalue weighted by Crippen LogP contribution is 1.98. The van der Waals surface area contributed by atoms with Crippen LogP contribution in [-0.4, -0.2) is 29.9 Å². The summed E-state index contributed by atoms with van der Waals surface area (Å²) in [7, 11) is -3.48. The molecule has 5 nitrogen and oxygen atoms in total. The Morgan fingerprint density at radius 1 is 1.60 bits per heavy atom. The van der Waals surface area contributed by atoms with Crippen molar-refractivity contribution in [2.45, 2.75) is 5.16 Å². The second-order valence-corrected chi connectivity index (χ2v) is 3.59. The molecule has 0 fully saturated rings. The van der Waals surface area contributed by atoms with Crippen LogP contribution in [0.25, 0.3) is 0 Å². The molecule has 0 saturated carbocycles. The minimum absolute atomic E-state index is 0.523. The van der Waals surface area contributed by atoms with Crippen molar-refractivity contribution in [2.24, 2.45) is 0 Å². The molecule has 0 spiro atoms. The average Bonchev–Trinajstić information content (AvgIpc) is 2.11. The van der Waals surface area contributed by atoms with E-state index in [1.165, 1.54) is 0 Å². The summed E-state index contributed by atoms with van der Waals surface area (Å²) in [6.07, 6.45) is -0.101. The zero-order chi connectivity index (χ0) is 7.78.